The number of hydrogen-bond donors (Lipinski definition) is 2. The molecule has 0 bridgehead atoms. The molecule has 1 saturated heterocycles. The minimum absolute atomic E-state index is 0. The fourth-order valence-corrected chi connectivity index (χ4v) is 4.84. The molecule has 1 atom stereocenters. The van der Waals surface area contributed by atoms with E-state index in [2.05, 4.69) is 15.5 Å². The van der Waals surface area contributed by atoms with E-state index >= 15 is 0 Å². The first kappa shape index (κ1) is 25.7. The molecule has 3 rings (SSSR count). The van der Waals surface area contributed by atoms with Gasteiger partial charge < -0.3 is 15.1 Å². The molecule has 2 aromatic rings. The van der Waals surface area contributed by atoms with Crippen molar-refractivity contribution in [2.75, 3.05) is 38.5 Å². The molecule has 0 radical (unpaired) electrons. The van der Waals surface area contributed by atoms with E-state index in [4.69, 9.17) is 9.41 Å². The quantitative estimate of drug-likeness (QED) is 0.278. The van der Waals surface area contributed by atoms with Crippen LogP contribution in [0.4, 0.5) is 0 Å². The standard InChI is InChI=1S/C22H32N4O3S.HI/c1-2-23-22(24-13-17-30(27,28)19-10-5-3-6-11-19)25-18-20(21-12-9-16-29-21)26-14-7-4-8-15-26;/h3,5-6,9-12,16,20H,2,4,7-8,13-15,17-18H2,1H3,(H2,23,24,25);1H. The number of hydrogen-bond acceptors (Lipinski definition) is 5. The molecule has 1 unspecified atom stereocenters. The fraction of sp³-hybridized carbons (Fsp3) is 0.500. The zero-order chi connectivity index (χ0) is 21.2. The first-order chi connectivity index (χ1) is 14.6. The third-order valence-corrected chi connectivity index (χ3v) is 6.97. The molecular formula is C22H33IN4O3S. The van der Waals surface area contributed by atoms with E-state index in [1.807, 2.05) is 25.1 Å². The lowest BCUT2D eigenvalue weighted by Gasteiger charge is -2.32. The van der Waals surface area contributed by atoms with Gasteiger partial charge in [0.25, 0.3) is 0 Å². The van der Waals surface area contributed by atoms with Crippen molar-refractivity contribution in [3.63, 3.8) is 0 Å². The molecule has 9 heteroatoms. The predicted molar refractivity (Wildman–Crippen MR) is 135 cm³/mol. The number of sulfone groups is 1. The summed E-state index contributed by atoms with van der Waals surface area (Å²) in [5.74, 6) is 1.55. The maximum absolute atomic E-state index is 12.5. The van der Waals surface area contributed by atoms with Gasteiger partial charge in [-0.25, -0.2) is 8.42 Å². The Hall–Kier alpha value is -1.59. The second kappa shape index (κ2) is 13.1. The largest absolute Gasteiger partial charge is 0.468 e. The smallest absolute Gasteiger partial charge is 0.191 e. The number of benzene rings is 1. The third kappa shape index (κ3) is 7.80. The molecule has 1 fully saturated rings. The highest BCUT2D eigenvalue weighted by molar-refractivity contribution is 14.0. The summed E-state index contributed by atoms with van der Waals surface area (Å²) in [6.07, 6.45) is 5.35. The number of rotatable bonds is 9. The van der Waals surface area contributed by atoms with Crippen molar-refractivity contribution in [1.29, 1.82) is 0 Å². The van der Waals surface area contributed by atoms with Crippen molar-refractivity contribution in [3.8, 4) is 0 Å². The Bertz CT molecular complexity index is 883. The number of furan rings is 1. The van der Waals surface area contributed by atoms with E-state index in [1.165, 1.54) is 19.3 Å². The van der Waals surface area contributed by atoms with Crippen LogP contribution in [0, 0.1) is 0 Å². The summed E-state index contributed by atoms with van der Waals surface area (Å²) >= 11 is 0. The molecule has 31 heavy (non-hydrogen) atoms. The summed E-state index contributed by atoms with van der Waals surface area (Å²) in [5.41, 5.74) is 0. The van der Waals surface area contributed by atoms with Crippen LogP contribution in [0.15, 0.2) is 63.0 Å². The van der Waals surface area contributed by atoms with E-state index in [0.29, 0.717) is 23.9 Å². The van der Waals surface area contributed by atoms with Gasteiger partial charge in [0.15, 0.2) is 15.8 Å². The zero-order valence-corrected chi connectivity index (χ0v) is 21.1. The average molecular weight is 561 g/mol. The molecule has 1 aliphatic heterocycles. The average Bonchev–Trinajstić information content (AvgIpc) is 3.30. The van der Waals surface area contributed by atoms with Crippen molar-refractivity contribution >= 4 is 39.8 Å². The molecule has 0 amide bonds. The van der Waals surface area contributed by atoms with Gasteiger partial charge in [0.05, 0.1) is 29.5 Å². The van der Waals surface area contributed by atoms with Crippen LogP contribution in [0.3, 0.4) is 0 Å². The van der Waals surface area contributed by atoms with Crippen LogP contribution in [0.5, 0.6) is 0 Å². The summed E-state index contributed by atoms with van der Waals surface area (Å²) in [6, 6.07) is 12.5. The second-order valence-electron chi connectivity index (χ2n) is 7.41. The number of halogens is 1. The number of nitrogens with zero attached hydrogens (tertiary/aromatic N) is 2. The highest BCUT2D eigenvalue weighted by Gasteiger charge is 2.24. The first-order valence-electron chi connectivity index (χ1n) is 10.7. The van der Waals surface area contributed by atoms with Gasteiger partial charge >= 0.3 is 0 Å². The monoisotopic (exact) mass is 560 g/mol. The van der Waals surface area contributed by atoms with Crippen LogP contribution in [-0.4, -0.2) is 57.8 Å². The van der Waals surface area contributed by atoms with Crippen molar-refractivity contribution in [2.24, 2.45) is 4.99 Å². The maximum Gasteiger partial charge on any atom is 0.191 e. The van der Waals surface area contributed by atoms with E-state index in [9.17, 15) is 8.42 Å². The molecule has 0 spiro atoms. The van der Waals surface area contributed by atoms with Crippen LogP contribution < -0.4 is 10.6 Å². The van der Waals surface area contributed by atoms with Gasteiger partial charge in [0, 0.05) is 13.1 Å². The Morgan fingerprint density at radius 2 is 1.84 bits per heavy atom. The van der Waals surface area contributed by atoms with E-state index in [0.717, 1.165) is 18.8 Å². The second-order valence-corrected chi connectivity index (χ2v) is 9.52. The topological polar surface area (TPSA) is 86.9 Å². The molecule has 2 heterocycles. The van der Waals surface area contributed by atoms with Crippen LogP contribution in [0.2, 0.25) is 0 Å². The van der Waals surface area contributed by atoms with Gasteiger partial charge in [0.1, 0.15) is 5.76 Å². The summed E-state index contributed by atoms with van der Waals surface area (Å²) in [6.45, 7) is 5.62. The van der Waals surface area contributed by atoms with Gasteiger partial charge in [0.2, 0.25) is 0 Å². The Balaban J connectivity index is 0.00000341. The van der Waals surface area contributed by atoms with Crippen molar-refractivity contribution in [2.45, 2.75) is 37.1 Å². The Kier molecular flexibility index (Phi) is 10.8. The highest BCUT2D eigenvalue weighted by atomic mass is 127. The predicted octanol–water partition coefficient (Wildman–Crippen LogP) is 3.45. The molecule has 0 saturated carbocycles. The lowest BCUT2D eigenvalue weighted by Crippen LogP contribution is -2.41. The molecule has 1 aliphatic rings. The molecule has 172 valence electrons. The van der Waals surface area contributed by atoms with Crippen molar-refractivity contribution in [3.05, 3.63) is 54.5 Å². The number of likely N-dealkylation sites (tertiary alicyclic amines) is 1. The zero-order valence-electron chi connectivity index (χ0n) is 18.0. The van der Waals surface area contributed by atoms with Crippen LogP contribution >= 0.6 is 24.0 Å². The van der Waals surface area contributed by atoms with Gasteiger partial charge in [-0.3, -0.25) is 9.89 Å². The Morgan fingerprint density at radius 1 is 1.10 bits per heavy atom. The minimum Gasteiger partial charge on any atom is -0.468 e. The number of guanidine groups is 1. The van der Waals surface area contributed by atoms with Crippen LogP contribution in [0.25, 0.3) is 0 Å². The highest BCUT2D eigenvalue weighted by Crippen LogP contribution is 2.25. The lowest BCUT2D eigenvalue weighted by molar-refractivity contribution is 0.150. The molecule has 0 aliphatic carbocycles. The van der Waals surface area contributed by atoms with Crippen molar-refractivity contribution < 1.29 is 12.8 Å². The lowest BCUT2D eigenvalue weighted by atomic mass is 10.1. The van der Waals surface area contributed by atoms with Crippen LogP contribution in [-0.2, 0) is 9.84 Å². The van der Waals surface area contributed by atoms with E-state index in [-0.39, 0.29) is 42.3 Å². The summed E-state index contributed by atoms with van der Waals surface area (Å²) in [5, 5.41) is 6.37. The van der Waals surface area contributed by atoms with Gasteiger partial charge in [-0.2, -0.15) is 0 Å². The normalized spacial score (nSPS) is 16.4. The van der Waals surface area contributed by atoms with Crippen LogP contribution in [0.1, 0.15) is 38.0 Å². The first-order valence-corrected chi connectivity index (χ1v) is 12.3. The summed E-state index contributed by atoms with van der Waals surface area (Å²) in [4.78, 5) is 7.51. The number of aliphatic imine (C=N–C) groups is 1. The Morgan fingerprint density at radius 3 is 2.48 bits per heavy atom. The van der Waals surface area contributed by atoms with Gasteiger partial charge in [-0.05, 0) is 57.1 Å². The molecule has 7 nitrogen and oxygen atoms in total. The molecular weight excluding hydrogens is 527 g/mol. The third-order valence-electron chi connectivity index (χ3n) is 5.24. The summed E-state index contributed by atoms with van der Waals surface area (Å²) < 4.78 is 30.6. The maximum atomic E-state index is 12.5. The SMILES string of the molecule is CCNC(=NCC(c1ccco1)N1CCCCC1)NCCS(=O)(=O)c1ccccc1.I. The fourth-order valence-electron chi connectivity index (χ4n) is 3.67. The van der Waals surface area contributed by atoms with Gasteiger partial charge in [-0.15, -0.1) is 24.0 Å². The summed E-state index contributed by atoms with van der Waals surface area (Å²) in [7, 11) is -3.32. The number of nitrogens with one attached hydrogen (secondary N) is 2. The minimum atomic E-state index is -3.32. The van der Waals surface area contributed by atoms with Gasteiger partial charge in [-0.1, -0.05) is 24.6 Å². The van der Waals surface area contributed by atoms with E-state index in [1.54, 1.807) is 30.5 Å². The Labute approximate surface area is 202 Å². The molecule has 1 aromatic heterocycles. The van der Waals surface area contributed by atoms with E-state index < -0.39 is 9.84 Å². The van der Waals surface area contributed by atoms with Crippen molar-refractivity contribution in [1.82, 2.24) is 15.5 Å². The number of piperidine rings is 1. The molecule has 2 N–H and O–H groups in total. The molecule has 1 aromatic carbocycles.